The Morgan fingerprint density at radius 3 is 2.63 bits per heavy atom. The molecule has 0 aliphatic heterocycles. The Morgan fingerprint density at radius 1 is 1.16 bits per heavy atom. The molecule has 19 heavy (non-hydrogen) atoms. The summed E-state index contributed by atoms with van der Waals surface area (Å²) in [6.45, 7) is 2.27. The van der Waals surface area contributed by atoms with E-state index in [4.69, 9.17) is 5.73 Å². The molecule has 0 amide bonds. The van der Waals surface area contributed by atoms with Gasteiger partial charge in [-0.15, -0.1) is 0 Å². The monoisotopic (exact) mass is 261 g/mol. The molecule has 106 valence electrons. The molecule has 0 saturated heterocycles. The number of hydrogen-bond donors (Lipinski definition) is 1. The first-order valence-corrected chi connectivity index (χ1v) is 7.28. The van der Waals surface area contributed by atoms with Crippen LogP contribution in [0.3, 0.4) is 0 Å². The van der Waals surface area contributed by atoms with Crippen molar-refractivity contribution in [1.29, 1.82) is 0 Å². The Labute approximate surface area is 117 Å². The van der Waals surface area contributed by atoms with Crippen LogP contribution in [0.4, 0.5) is 0 Å². The summed E-state index contributed by atoms with van der Waals surface area (Å²) in [5.41, 5.74) is 9.25. The lowest BCUT2D eigenvalue weighted by Crippen LogP contribution is -2.44. The SMILES string of the molecule is CN(C)CCCN(C)C1CCc2ccccc2C1N. The van der Waals surface area contributed by atoms with Gasteiger partial charge in [0.25, 0.3) is 0 Å². The number of hydrogen-bond acceptors (Lipinski definition) is 3. The Morgan fingerprint density at radius 2 is 1.89 bits per heavy atom. The van der Waals surface area contributed by atoms with E-state index in [1.54, 1.807) is 0 Å². The van der Waals surface area contributed by atoms with Gasteiger partial charge in [-0.05, 0) is 64.6 Å². The standard InChI is InChI=1S/C16H27N3/c1-18(2)11-6-12-19(3)15-10-9-13-7-4-5-8-14(13)16(15)17/h4-5,7-8,15-16H,6,9-12,17H2,1-3H3. The molecule has 0 bridgehead atoms. The highest BCUT2D eigenvalue weighted by Crippen LogP contribution is 2.30. The Bertz CT molecular complexity index is 403. The van der Waals surface area contributed by atoms with Crippen molar-refractivity contribution in [2.24, 2.45) is 5.73 Å². The van der Waals surface area contributed by atoms with Crippen molar-refractivity contribution in [2.45, 2.75) is 31.3 Å². The second-order valence-electron chi connectivity index (χ2n) is 5.97. The summed E-state index contributed by atoms with van der Waals surface area (Å²) in [5.74, 6) is 0. The molecule has 2 unspecified atom stereocenters. The number of nitrogens with two attached hydrogens (primary N) is 1. The molecule has 1 aliphatic rings. The van der Waals surface area contributed by atoms with Crippen LogP contribution in [0.5, 0.6) is 0 Å². The fourth-order valence-electron chi connectivity index (χ4n) is 3.07. The van der Waals surface area contributed by atoms with Gasteiger partial charge >= 0.3 is 0 Å². The van der Waals surface area contributed by atoms with Crippen molar-refractivity contribution >= 4 is 0 Å². The molecule has 3 nitrogen and oxygen atoms in total. The van der Waals surface area contributed by atoms with Crippen molar-refractivity contribution in [1.82, 2.24) is 9.80 Å². The number of nitrogens with zero attached hydrogens (tertiary/aromatic N) is 2. The molecule has 0 fully saturated rings. The molecule has 0 saturated carbocycles. The number of fused-ring (bicyclic) bond motifs is 1. The summed E-state index contributed by atoms with van der Waals surface area (Å²) in [7, 11) is 6.47. The summed E-state index contributed by atoms with van der Waals surface area (Å²) in [4.78, 5) is 4.69. The van der Waals surface area contributed by atoms with Crippen LogP contribution in [0.15, 0.2) is 24.3 Å². The third-order valence-electron chi connectivity index (χ3n) is 4.22. The van der Waals surface area contributed by atoms with Crippen molar-refractivity contribution in [2.75, 3.05) is 34.2 Å². The molecular formula is C16H27N3. The molecule has 0 spiro atoms. The number of aryl methyl sites for hydroxylation is 1. The Balaban J connectivity index is 1.95. The minimum absolute atomic E-state index is 0.161. The zero-order valence-corrected chi connectivity index (χ0v) is 12.5. The fraction of sp³-hybridized carbons (Fsp3) is 0.625. The molecule has 2 N–H and O–H groups in total. The first kappa shape index (κ1) is 14.5. The van der Waals surface area contributed by atoms with E-state index in [0.717, 1.165) is 19.5 Å². The molecule has 1 aromatic carbocycles. The smallest absolute Gasteiger partial charge is 0.0455 e. The van der Waals surface area contributed by atoms with E-state index in [1.807, 2.05) is 0 Å². The predicted molar refractivity (Wildman–Crippen MR) is 81.3 cm³/mol. The highest BCUT2D eigenvalue weighted by molar-refractivity contribution is 5.33. The minimum Gasteiger partial charge on any atom is -0.323 e. The van der Waals surface area contributed by atoms with Gasteiger partial charge in [0.2, 0.25) is 0 Å². The summed E-state index contributed by atoms with van der Waals surface area (Å²) < 4.78 is 0. The van der Waals surface area contributed by atoms with Gasteiger partial charge in [0, 0.05) is 12.1 Å². The van der Waals surface area contributed by atoms with E-state index in [0.29, 0.717) is 6.04 Å². The van der Waals surface area contributed by atoms with Gasteiger partial charge in [-0.2, -0.15) is 0 Å². The van der Waals surface area contributed by atoms with Crippen molar-refractivity contribution in [3.8, 4) is 0 Å². The highest BCUT2D eigenvalue weighted by Gasteiger charge is 2.28. The predicted octanol–water partition coefficient (Wildman–Crippen LogP) is 1.88. The summed E-state index contributed by atoms with van der Waals surface area (Å²) in [5, 5.41) is 0. The number of rotatable bonds is 5. The van der Waals surface area contributed by atoms with Gasteiger partial charge in [0.05, 0.1) is 0 Å². The summed E-state index contributed by atoms with van der Waals surface area (Å²) >= 11 is 0. The van der Waals surface area contributed by atoms with Crippen LogP contribution in [-0.4, -0.2) is 50.1 Å². The third kappa shape index (κ3) is 3.56. The molecule has 0 radical (unpaired) electrons. The van der Waals surface area contributed by atoms with Crippen molar-refractivity contribution in [3.63, 3.8) is 0 Å². The lowest BCUT2D eigenvalue weighted by Gasteiger charge is -2.37. The molecule has 3 heteroatoms. The molecule has 0 aromatic heterocycles. The van der Waals surface area contributed by atoms with Gasteiger partial charge in [-0.1, -0.05) is 24.3 Å². The van der Waals surface area contributed by atoms with Crippen LogP contribution in [0.2, 0.25) is 0 Å². The average molecular weight is 261 g/mol. The largest absolute Gasteiger partial charge is 0.323 e. The van der Waals surface area contributed by atoms with Crippen molar-refractivity contribution < 1.29 is 0 Å². The zero-order valence-electron chi connectivity index (χ0n) is 12.5. The van der Waals surface area contributed by atoms with E-state index in [-0.39, 0.29) is 6.04 Å². The van der Waals surface area contributed by atoms with Gasteiger partial charge in [0.15, 0.2) is 0 Å². The Kier molecular flexibility index (Phi) is 4.97. The van der Waals surface area contributed by atoms with E-state index in [1.165, 1.54) is 24.0 Å². The average Bonchev–Trinajstić information content (AvgIpc) is 2.39. The summed E-state index contributed by atoms with van der Waals surface area (Å²) in [6, 6.07) is 9.28. The van der Waals surface area contributed by atoms with Crippen LogP contribution < -0.4 is 5.73 Å². The lowest BCUT2D eigenvalue weighted by atomic mass is 9.84. The number of likely N-dealkylation sites (N-methyl/N-ethyl adjacent to an activating group) is 1. The quantitative estimate of drug-likeness (QED) is 0.878. The van der Waals surface area contributed by atoms with Crippen LogP contribution in [-0.2, 0) is 6.42 Å². The van der Waals surface area contributed by atoms with E-state index >= 15 is 0 Å². The van der Waals surface area contributed by atoms with Gasteiger partial charge in [-0.25, -0.2) is 0 Å². The third-order valence-corrected chi connectivity index (χ3v) is 4.22. The molecule has 2 atom stereocenters. The molecular weight excluding hydrogens is 234 g/mol. The topological polar surface area (TPSA) is 32.5 Å². The first-order valence-electron chi connectivity index (χ1n) is 7.28. The number of benzene rings is 1. The highest BCUT2D eigenvalue weighted by atomic mass is 15.2. The maximum atomic E-state index is 6.47. The molecule has 1 aliphatic carbocycles. The molecule has 2 rings (SSSR count). The molecule has 0 heterocycles. The van der Waals surface area contributed by atoms with Gasteiger partial charge < -0.3 is 15.5 Å². The lowest BCUT2D eigenvalue weighted by molar-refractivity contribution is 0.184. The summed E-state index contributed by atoms with van der Waals surface area (Å²) in [6.07, 6.45) is 3.54. The van der Waals surface area contributed by atoms with E-state index in [9.17, 15) is 0 Å². The maximum Gasteiger partial charge on any atom is 0.0455 e. The first-order chi connectivity index (χ1) is 9.09. The van der Waals surface area contributed by atoms with Crippen LogP contribution in [0.25, 0.3) is 0 Å². The maximum absolute atomic E-state index is 6.47. The molecule has 1 aromatic rings. The second kappa shape index (κ2) is 6.51. The van der Waals surface area contributed by atoms with E-state index in [2.05, 4.69) is 55.2 Å². The van der Waals surface area contributed by atoms with Gasteiger partial charge in [0.1, 0.15) is 0 Å². The Hall–Kier alpha value is -0.900. The van der Waals surface area contributed by atoms with Gasteiger partial charge in [-0.3, -0.25) is 0 Å². The van der Waals surface area contributed by atoms with Crippen LogP contribution in [0.1, 0.15) is 30.0 Å². The fourth-order valence-corrected chi connectivity index (χ4v) is 3.07. The van der Waals surface area contributed by atoms with E-state index < -0.39 is 0 Å². The zero-order chi connectivity index (χ0) is 13.8. The van der Waals surface area contributed by atoms with Crippen molar-refractivity contribution in [3.05, 3.63) is 35.4 Å². The van der Waals surface area contributed by atoms with Crippen LogP contribution in [0, 0.1) is 0 Å². The van der Waals surface area contributed by atoms with Crippen LogP contribution >= 0.6 is 0 Å². The normalized spacial score (nSPS) is 22.8. The minimum atomic E-state index is 0.161. The second-order valence-corrected chi connectivity index (χ2v) is 5.97.